The van der Waals surface area contributed by atoms with Crippen LogP contribution in [0.5, 0.6) is 0 Å². The summed E-state index contributed by atoms with van der Waals surface area (Å²) in [7, 11) is 4.26. The van der Waals surface area contributed by atoms with E-state index in [1.165, 1.54) is 5.56 Å². The van der Waals surface area contributed by atoms with Gasteiger partial charge >= 0.3 is 0 Å². The van der Waals surface area contributed by atoms with Crippen molar-refractivity contribution < 1.29 is 0 Å². The van der Waals surface area contributed by atoms with Gasteiger partial charge in [-0.25, -0.2) is 4.98 Å². The van der Waals surface area contributed by atoms with Crippen molar-refractivity contribution in [1.29, 1.82) is 0 Å². The molecule has 114 valence electrons. The molecule has 0 radical (unpaired) electrons. The molecule has 0 spiro atoms. The number of aromatic nitrogens is 1. The fourth-order valence-corrected chi connectivity index (χ4v) is 2.38. The van der Waals surface area contributed by atoms with E-state index in [1.807, 2.05) is 6.20 Å². The van der Waals surface area contributed by atoms with E-state index in [0.29, 0.717) is 6.04 Å². The van der Waals surface area contributed by atoms with Crippen LogP contribution in [0, 0.1) is 0 Å². The molecule has 1 aromatic rings. The van der Waals surface area contributed by atoms with E-state index in [0.717, 1.165) is 38.4 Å². The second-order valence-corrected chi connectivity index (χ2v) is 5.65. The smallest absolute Gasteiger partial charge is 0.126 e. The van der Waals surface area contributed by atoms with Crippen LogP contribution in [0.3, 0.4) is 0 Å². The molecule has 0 aromatic carbocycles. The number of nitrogens with one attached hydrogen (secondary N) is 1. The highest BCUT2D eigenvalue weighted by Crippen LogP contribution is 2.12. The summed E-state index contributed by atoms with van der Waals surface area (Å²) in [5.41, 5.74) is 1.33. The highest BCUT2D eigenvalue weighted by atomic mass is 15.2. The molecule has 0 aliphatic heterocycles. The fourth-order valence-electron chi connectivity index (χ4n) is 2.38. The minimum atomic E-state index is 0.551. The van der Waals surface area contributed by atoms with E-state index < -0.39 is 0 Å². The minimum absolute atomic E-state index is 0.551. The molecule has 0 saturated heterocycles. The van der Waals surface area contributed by atoms with Crippen LogP contribution in [-0.2, 0) is 6.54 Å². The van der Waals surface area contributed by atoms with Crippen LogP contribution in [0.1, 0.15) is 32.8 Å². The number of rotatable bonds is 9. The van der Waals surface area contributed by atoms with Gasteiger partial charge in [0.25, 0.3) is 0 Å². The number of hydrogen-bond donors (Lipinski definition) is 1. The molecule has 1 unspecified atom stereocenters. The third kappa shape index (κ3) is 5.88. The topological polar surface area (TPSA) is 31.4 Å². The Morgan fingerprint density at radius 1 is 1.30 bits per heavy atom. The summed E-state index contributed by atoms with van der Waals surface area (Å²) in [6.45, 7) is 10.8. The molecule has 1 atom stereocenters. The van der Waals surface area contributed by atoms with Crippen LogP contribution in [0.25, 0.3) is 0 Å². The van der Waals surface area contributed by atoms with Crippen LogP contribution in [-0.4, -0.2) is 54.6 Å². The average molecular weight is 278 g/mol. The van der Waals surface area contributed by atoms with E-state index in [4.69, 9.17) is 0 Å². The Labute approximate surface area is 124 Å². The lowest BCUT2D eigenvalue weighted by atomic mass is 10.2. The van der Waals surface area contributed by atoms with E-state index in [1.54, 1.807) is 0 Å². The molecule has 0 saturated carbocycles. The fraction of sp³-hybridized carbons (Fsp3) is 0.688. The zero-order chi connectivity index (χ0) is 15.0. The third-order valence-electron chi connectivity index (χ3n) is 3.43. The van der Waals surface area contributed by atoms with Gasteiger partial charge in [0.15, 0.2) is 0 Å². The SMILES string of the molecule is CCCNc1cc(CN(CC)C(C)CN(C)C)ccn1. The van der Waals surface area contributed by atoms with E-state index >= 15 is 0 Å². The van der Waals surface area contributed by atoms with Crippen LogP contribution in [0.2, 0.25) is 0 Å². The maximum absolute atomic E-state index is 4.37. The van der Waals surface area contributed by atoms with Crippen molar-refractivity contribution in [3.8, 4) is 0 Å². The summed E-state index contributed by atoms with van der Waals surface area (Å²) in [5, 5.41) is 3.35. The normalized spacial score (nSPS) is 12.9. The Hall–Kier alpha value is -1.13. The predicted octanol–water partition coefficient (Wildman–Crippen LogP) is 2.68. The summed E-state index contributed by atoms with van der Waals surface area (Å²) in [5.74, 6) is 0.987. The highest BCUT2D eigenvalue weighted by Gasteiger charge is 2.13. The van der Waals surface area contributed by atoms with Crippen LogP contribution in [0.4, 0.5) is 5.82 Å². The zero-order valence-electron chi connectivity index (χ0n) is 13.7. The maximum Gasteiger partial charge on any atom is 0.126 e. The van der Waals surface area contributed by atoms with Crippen molar-refractivity contribution in [2.24, 2.45) is 0 Å². The molecule has 0 aliphatic rings. The van der Waals surface area contributed by atoms with Gasteiger partial charge in [-0.2, -0.15) is 0 Å². The first-order valence-electron chi connectivity index (χ1n) is 7.64. The van der Waals surface area contributed by atoms with Gasteiger partial charge in [0.1, 0.15) is 5.82 Å². The van der Waals surface area contributed by atoms with E-state index in [9.17, 15) is 0 Å². The Kier molecular flexibility index (Phi) is 7.55. The first-order chi connectivity index (χ1) is 9.56. The zero-order valence-corrected chi connectivity index (χ0v) is 13.7. The summed E-state index contributed by atoms with van der Waals surface area (Å²) >= 11 is 0. The molecule has 4 nitrogen and oxygen atoms in total. The Morgan fingerprint density at radius 2 is 2.05 bits per heavy atom. The lowest BCUT2D eigenvalue weighted by molar-refractivity contribution is 0.174. The predicted molar refractivity (Wildman–Crippen MR) is 87.1 cm³/mol. The first-order valence-corrected chi connectivity index (χ1v) is 7.64. The number of likely N-dealkylation sites (N-methyl/N-ethyl adjacent to an activating group) is 2. The van der Waals surface area contributed by atoms with Crippen molar-refractivity contribution in [2.45, 2.75) is 39.8 Å². The van der Waals surface area contributed by atoms with Gasteiger partial charge in [0.2, 0.25) is 0 Å². The largest absolute Gasteiger partial charge is 0.370 e. The minimum Gasteiger partial charge on any atom is -0.370 e. The van der Waals surface area contributed by atoms with Crippen LogP contribution >= 0.6 is 0 Å². The van der Waals surface area contributed by atoms with Crippen molar-refractivity contribution in [3.63, 3.8) is 0 Å². The summed E-state index contributed by atoms with van der Waals surface area (Å²) in [4.78, 5) is 9.11. The Morgan fingerprint density at radius 3 is 2.65 bits per heavy atom. The average Bonchev–Trinajstić information content (AvgIpc) is 2.42. The first kappa shape index (κ1) is 16.9. The monoisotopic (exact) mass is 278 g/mol. The van der Waals surface area contributed by atoms with Gasteiger partial charge in [-0.3, -0.25) is 4.90 Å². The number of pyridine rings is 1. The van der Waals surface area contributed by atoms with Gasteiger partial charge < -0.3 is 10.2 Å². The van der Waals surface area contributed by atoms with Crippen molar-refractivity contribution >= 4 is 5.82 Å². The second kappa shape index (κ2) is 8.93. The highest BCUT2D eigenvalue weighted by molar-refractivity contribution is 5.37. The molecule has 1 heterocycles. The molecule has 4 heteroatoms. The van der Waals surface area contributed by atoms with Crippen molar-refractivity contribution in [3.05, 3.63) is 23.9 Å². The molecular weight excluding hydrogens is 248 g/mol. The van der Waals surface area contributed by atoms with Gasteiger partial charge in [-0.15, -0.1) is 0 Å². The van der Waals surface area contributed by atoms with Gasteiger partial charge in [0, 0.05) is 31.9 Å². The standard InChI is InChI=1S/C16H30N4/c1-6-9-17-16-11-15(8-10-18-16)13-20(7-2)14(3)12-19(4)5/h8,10-11,14H,6-7,9,12-13H2,1-5H3,(H,17,18). The quantitative estimate of drug-likeness (QED) is 0.752. The van der Waals surface area contributed by atoms with E-state index in [-0.39, 0.29) is 0 Å². The molecule has 20 heavy (non-hydrogen) atoms. The Bertz CT molecular complexity index is 378. The number of nitrogens with zero attached hydrogens (tertiary/aromatic N) is 3. The number of anilines is 1. The molecule has 0 bridgehead atoms. The third-order valence-corrected chi connectivity index (χ3v) is 3.43. The van der Waals surface area contributed by atoms with Crippen LogP contribution in [0.15, 0.2) is 18.3 Å². The lowest BCUT2D eigenvalue weighted by Gasteiger charge is -2.30. The summed E-state index contributed by atoms with van der Waals surface area (Å²) < 4.78 is 0. The van der Waals surface area contributed by atoms with E-state index in [2.05, 4.69) is 67.1 Å². The molecule has 0 aliphatic carbocycles. The molecule has 1 N–H and O–H groups in total. The van der Waals surface area contributed by atoms with Gasteiger partial charge in [0.05, 0.1) is 0 Å². The van der Waals surface area contributed by atoms with Gasteiger partial charge in [-0.05, 0) is 51.7 Å². The summed E-state index contributed by atoms with van der Waals surface area (Å²) in [6, 6.07) is 4.83. The molecule has 0 fully saturated rings. The molecule has 1 aromatic heterocycles. The molecule has 1 rings (SSSR count). The van der Waals surface area contributed by atoms with Crippen LogP contribution < -0.4 is 5.32 Å². The van der Waals surface area contributed by atoms with Crippen molar-refractivity contribution in [2.75, 3.05) is 39.0 Å². The molecular formula is C16H30N4. The van der Waals surface area contributed by atoms with Crippen molar-refractivity contribution in [1.82, 2.24) is 14.8 Å². The Balaban J connectivity index is 2.64. The lowest BCUT2D eigenvalue weighted by Crippen LogP contribution is -2.39. The van der Waals surface area contributed by atoms with Gasteiger partial charge in [-0.1, -0.05) is 13.8 Å². The number of hydrogen-bond acceptors (Lipinski definition) is 4. The second-order valence-electron chi connectivity index (χ2n) is 5.65. The molecule has 0 amide bonds. The summed E-state index contributed by atoms with van der Waals surface area (Å²) in [6.07, 6.45) is 3.02. The maximum atomic E-state index is 4.37.